The molecule has 3 aromatic rings. The van der Waals surface area contributed by atoms with Gasteiger partial charge in [0.25, 0.3) is 0 Å². The Hall–Kier alpha value is -2.90. The number of amides is 2. The number of hydrogen-bond donors (Lipinski definition) is 2. The molecule has 150 valence electrons. The second kappa shape index (κ2) is 9.07. The van der Waals surface area contributed by atoms with Crippen LogP contribution < -0.4 is 10.6 Å². The zero-order valence-corrected chi connectivity index (χ0v) is 16.8. The van der Waals surface area contributed by atoms with Crippen LogP contribution in [0.5, 0.6) is 0 Å². The van der Waals surface area contributed by atoms with Gasteiger partial charge in [-0.15, -0.1) is 11.3 Å². The molecule has 1 aliphatic heterocycles. The van der Waals surface area contributed by atoms with E-state index in [4.69, 9.17) is 4.42 Å². The van der Waals surface area contributed by atoms with Crippen LogP contribution in [-0.4, -0.2) is 29.8 Å². The van der Waals surface area contributed by atoms with Crippen molar-refractivity contribution in [1.29, 1.82) is 0 Å². The van der Waals surface area contributed by atoms with E-state index in [-0.39, 0.29) is 12.6 Å². The summed E-state index contributed by atoms with van der Waals surface area (Å²) in [6.07, 6.45) is 2.51. The van der Waals surface area contributed by atoms with Crippen molar-refractivity contribution in [2.24, 2.45) is 0 Å². The summed E-state index contributed by atoms with van der Waals surface area (Å²) in [5.41, 5.74) is 2.71. The third-order valence-electron chi connectivity index (χ3n) is 5.14. The van der Waals surface area contributed by atoms with Gasteiger partial charge < -0.3 is 15.1 Å². The highest BCUT2D eigenvalue weighted by molar-refractivity contribution is 7.10. The van der Waals surface area contributed by atoms with Crippen LogP contribution in [0.15, 0.2) is 64.6 Å². The van der Waals surface area contributed by atoms with Crippen molar-refractivity contribution in [2.45, 2.75) is 25.6 Å². The third kappa shape index (κ3) is 4.75. The first-order chi connectivity index (χ1) is 14.2. The van der Waals surface area contributed by atoms with Gasteiger partial charge in [0.1, 0.15) is 5.76 Å². The topological polar surface area (TPSA) is 74.6 Å². The van der Waals surface area contributed by atoms with Crippen molar-refractivity contribution >= 4 is 23.2 Å². The van der Waals surface area contributed by atoms with Crippen LogP contribution in [0.3, 0.4) is 0 Å². The molecule has 0 aliphatic carbocycles. The van der Waals surface area contributed by atoms with Gasteiger partial charge in [-0.3, -0.25) is 14.5 Å². The van der Waals surface area contributed by atoms with Gasteiger partial charge >= 0.3 is 11.8 Å². The van der Waals surface area contributed by atoms with Crippen LogP contribution in [0, 0.1) is 0 Å². The second-order valence-corrected chi connectivity index (χ2v) is 7.97. The lowest BCUT2D eigenvalue weighted by Crippen LogP contribution is -2.44. The maximum Gasteiger partial charge on any atom is 0.309 e. The van der Waals surface area contributed by atoms with Gasteiger partial charge in [-0.05, 0) is 41.1 Å². The van der Waals surface area contributed by atoms with Crippen molar-refractivity contribution < 1.29 is 14.0 Å². The Balaban J connectivity index is 1.38. The molecule has 4 rings (SSSR count). The predicted octanol–water partition coefficient (Wildman–Crippen LogP) is 2.87. The number of carbonyl (C=O) groups excluding carboxylic acids is 2. The number of benzene rings is 1. The van der Waals surface area contributed by atoms with E-state index in [1.54, 1.807) is 23.5 Å². The van der Waals surface area contributed by atoms with Gasteiger partial charge in [0.2, 0.25) is 0 Å². The Morgan fingerprint density at radius 3 is 2.62 bits per heavy atom. The second-order valence-electron chi connectivity index (χ2n) is 6.99. The standard InChI is InChI=1S/C22H23N3O3S/c26-21(23-13-18-7-3-11-28-18)22(27)24-14-19(20-8-4-12-29-20)25-10-9-16-5-1-2-6-17(16)15-25/h1-8,11-12,19H,9-10,13-15H2,(H,23,26)(H,24,27). The maximum absolute atomic E-state index is 12.3. The molecule has 6 nitrogen and oxygen atoms in total. The summed E-state index contributed by atoms with van der Waals surface area (Å²) < 4.78 is 5.17. The molecule has 0 saturated carbocycles. The van der Waals surface area contributed by atoms with E-state index in [2.05, 4.69) is 45.9 Å². The monoisotopic (exact) mass is 409 g/mol. The van der Waals surface area contributed by atoms with E-state index >= 15 is 0 Å². The smallest absolute Gasteiger partial charge is 0.309 e. The van der Waals surface area contributed by atoms with Crippen LogP contribution in [-0.2, 0) is 29.1 Å². The summed E-state index contributed by atoms with van der Waals surface area (Å²) in [6.45, 7) is 2.33. The molecule has 0 fully saturated rings. The van der Waals surface area contributed by atoms with Gasteiger partial charge in [0, 0.05) is 24.5 Å². The molecule has 7 heteroatoms. The number of hydrogen-bond acceptors (Lipinski definition) is 5. The van der Waals surface area contributed by atoms with Gasteiger partial charge in [-0.2, -0.15) is 0 Å². The molecular formula is C22H23N3O3S. The average Bonchev–Trinajstić information content (AvgIpc) is 3.46. The first-order valence-electron chi connectivity index (χ1n) is 9.63. The molecule has 2 N–H and O–H groups in total. The van der Waals surface area contributed by atoms with Crippen molar-refractivity contribution in [2.75, 3.05) is 13.1 Å². The number of nitrogens with zero attached hydrogens (tertiary/aromatic N) is 1. The first kappa shape index (κ1) is 19.4. The van der Waals surface area contributed by atoms with Gasteiger partial charge in [-0.1, -0.05) is 30.3 Å². The first-order valence-corrected chi connectivity index (χ1v) is 10.5. The number of furan rings is 1. The lowest BCUT2D eigenvalue weighted by Gasteiger charge is -2.35. The highest BCUT2D eigenvalue weighted by atomic mass is 32.1. The lowest BCUT2D eigenvalue weighted by atomic mass is 9.98. The molecule has 1 atom stereocenters. The Kier molecular flexibility index (Phi) is 6.07. The Bertz CT molecular complexity index is 954. The minimum atomic E-state index is -0.657. The van der Waals surface area contributed by atoms with Gasteiger partial charge in [-0.25, -0.2) is 0 Å². The van der Waals surface area contributed by atoms with Crippen LogP contribution in [0.1, 0.15) is 27.8 Å². The van der Waals surface area contributed by atoms with E-state index in [0.717, 1.165) is 19.5 Å². The molecule has 1 aromatic carbocycles. The van der Waals surface area contributed by atoms with Crippen molar-refractivity contribution in [3.05, 3.63) is 81.9 Å². The molecule has 1 unspecified atom stereocenters. The molecular weight excluding hydrogens is 386 g/mol. The molecule has 1 aliphatic rings. The highest BCUT2D eigenvalue weighted by Gasteiger charge is 2.26. The molecule has 3 heterocycles. The number of nitrogens with one attached hydrogen (secondary N) is 2. The third-order valence-corrected chi connectivity index (χ3v) is 6.11. The summed E-state index contributed by atoms with van der Waals surface area (Å²) >= 11 is 1.67. The zero-order chi connectivity index (χ0) is 20.1. The van der Waals surface area contributed by atoms with Gasteiger partial charge in [0.05, 0.1) is 18.8 Å². The minimum Gasteiger partial charge on any atom is -0.467 e. The minimum absolute atomic E-state index is 0.0326. The lowest BCUT2D eigenvalue weighted by molar-refractivity contribution is -0.139. The van der Waals surface area contributed by atoms with Crippen molar-refractivity contribution in [3.8, 4) is 0 Å². The number of carbonyl (C=O) groups is 2. The van der Waals surface area contributed by atoms with E-state index < -0.39 is 11.8 Å². The average molecular weight is 410 g/mol. The molecule has 2 amide bonds. The molecule has 0 radical (unpaired) electrons. The molecule has 2 aromatic heterocycles. The summed E-state index contributed by atoms with van der Waals surface area (Å²) in [4.78, 5) is 27.9. The van der Waals surface area contributed by atoms with E-state index in [1.165, 1.54) is 22.3 Å². The largest absolute Gasteiger partial charge is 0.467 e. The zero-order valence-electron chi connectivity index (χ0n) is 16.0. The highest BCUT2D eigenvalue weighted by Crippen LogP contribution is 2.29. The Labute approximate surface area is 173 Å². The quantitative estimate of drug-likeness (QED) is 0.614. The van der Waals surface area contributed by atoms with Crippen LogP contribution >= 0.6 is 11.3 Å². The predicted molar refractivity (Wildman–Crippen MR) is 111 cm³/mol. The molecule has 0 saturated heterocycles. The van der Waals surface area contributed by atoms with Crippen LogP contribution in [0.4, 0.5) is 0 Å². The van der Waals surface area contributed by atoms with Crippen LogP contribution in [0.2, 0.25) is 0 Å². The summed E-state index contributed by atoms with van der Waals surface area (Å²) in [5.74, 6) is -0.680. The fourth-order valence-electron chi connectivity index (χ4n) is 3.60. The fraction of sp³-hybridized carbons (Fsp3) is 0.273. The van der Waals surface area contributed by atoms with Crippen molar-refractivity contribution in [1.82, 2.24) is 15.5 Å². The Morgan fingerprint density at radius 2 is 1.86 bits per heavy atom. The van der Waals surface area contributed by atoms with E-state index in [0.29, 0.717) is 12.3 Å². The molecule has 0 bridgehead atoms. The number of rotatable bonds is 6. The fourth-order valence-corrected chi connectivity index (χ4v) is 4.47. The number of thiophene rings is 1. The van der Waals surface area contributed by atoms with Crippen LogP contribution in [0.25, 0.3) is 0 Å². The Morgan fingerprint density at radius 1 is 1.03 bits per heavy atom. The summed E-state index contributed by atoms with van der Waals surface area (Å²) in [5, 5.41) is 7.43. The van der Waals surface area contributed by atoms with E-state index in [1.807, 2.05) is 11.4 Å². The maximum atomic E-state index is 12.3. The molecule has 29 heavy (non-hydrogen) atoms. The summed E-state index contributed by atoms with van der Waals surface area (Å²) in [6, 6.07) is 16.1. The SMILES string of the molecule is O=C(NCc1ccco1)C(=O)NCC(c1cccs1)N1CCc2ccccc2C1. The normalized spacial score (nSPS) is 14.8. The molecule has 0 spiro atoms. The van der Waals surface area contributed by atoms with Gasteiger partial charge in [0.15, 0.2) is 0 Å². The van der Waals surface area contributed by atoms with E-state index in [9.17, 15) is 9.59 Å². The summed E-state index contributed by atoms with van der Waals surface area (Å²) in [7, 11) is 0. The number of fused-ring (bicyclic) bond motifs is 1. The van der Waals surface area contributed by atoms with Crippen molar-refractivity contribution in [3.63, 3.8) is 0 Å².